The van der Waals surface area contributed by atoms with Gasteiger partial charge in [-0.1, -0.05) is 0 Å². The van der Waals surface area contributed by atoms with E-state index in [1.807, 2.05) is 14.3 Å². The van der Waals surface area contributed by atoms with Crippen molar-refractivity contribution < 1.29 is 9.47 Å². The summed E-state index contributed by atoms with van der Waals surface area (Å²) in [5.41, 5.74) is 0. The third-order valence-corrected chi connectivity index (χ3v) is 0.492. The number of methoxy groups -OCH3 is 2. The van der Waals surface area contributed by atoms with Crippen molar-refractivity contribution in [3.8, 4) is 0 Å². The van der Waals surface area contributed by atoms with Gasteiger partial charge in [0.2, 0.25) is 0 Å². The van der Waals surface area contributed by atoms with Gasteiger partial charge < -0.3 is 9.47 Å². The molecule has 0 aromatic carbocycles. The molecule has 0 unspecified atom stereocenters. The monoisotopic (exact) mass is 224 g/mol. The molecule has 0 aliphatic carbocycles. The van der Waals surface area contributed by atoms with Crippen molar-refractivity contribution in [2.24, 2.45) is 0 Å². The van der Waals surface area contributed by atoms with Gasteiger partial charge in [-0.15, -0.1) is 0 Å². The first-order chi connectivity index (χ1) is 3.91. The molecule has 0 aromatic rings. The predicted molar refractivity (Wildman–Crippen MR) is 43.5 cm³/mol. The summed E-state index contributed by atoms with van der Waals surface area (Å²) in [6.07, 6.45) is 0. The Morgan fingerprint density at radius 3 is 1.50 bits per heavy atom. The fourth-order valence-corrected chi connectivity index (χ4v) is 0.167. The molecule has 46 valence electrons. The van der Waals surface area contributed by atoms with E-state index in [-0.39, 0.29) is 0 Å². The molecule has 0 bridgehead atoms. The van der Waals surface area contributed by atoms with Gasteiger partial charge in [0.25, 0.3) is 0 Å². The van der Waals surface area contributed by atoms with Gasteiger partial charge in [-0.2, -0.15) is 0 Å². The summed E-state index contributed by atoms with van der Waals surface area (Å²) in [6, 6.07) is 0. The van der Waals surface area contributed by atoms with Crippen LogP contribution in [0.15, 0.2) is 0 Å². The van der Waals surface area contributed by atoms with E-state index in [9.17, 15) is 0 Å². The second-order valence-corrected chi connectivity index (χ2v) is 0.986. The van der Waals surface area contributed by atoms with E-state index in [1.165, 1.54) is 0 Å². The van der Waals surface area contributed by atoms with Crippen LogP contribution in [0.1, 0.15) is 0 Å². The maximum atomic E-state index is 4.66. The van der Waals surface area contributed by atoms with Crippen LogP contribution >= 0.6 is 19.9 Å². The van der Waals surface area contributed by atoms with E-state index in [1.54, 1.807) is 14.2 Å². The van der Waals surface area contributed by atoms with Crippen molar-refractivity contribution in [1.82, 2.24) is 0 Å². The molecule has 0 aliphatic heterocycles. The van der Waals surface area contributed by atoms with E-state index < -0.39 is 0 Å². The average Bonchev–Trinajstić information content (AvgIpc) is 1.88. The van der Waals surface area contributed by atoms with Crippen LogP contribution in [0.25, 0.3) is 0 Å². The topological polar surface area (TPSA) is 18.5 Å². The van der Waals surface area contributed by atoms with Crippen molar-refractivity contribution >= 4 is 34.2 Å². The number of hydrogen-bond acceptors (Lipinski definition) is 2. The fourth-order valence-electron chi connectivity index (χ4n) is 0.167. The molecule has 0 rings (SSSR count). The Bertz CT molecular complexity index is 26.0. The zero-order valence-corrected chi connectivity index (χ0v) is 7.77. The Labute approximate surface area is 70.8 Å². The van der Waals surface area contributed by atoms with E-state index in [4.69, 9.17) is 0 Å². The quantitative estimate of drug-likeness (QED) is 0.400. The Hall–Kier alpha value is 1.25. The van der Waals surface area contributed by atoms with Crippen molar-refractivity contribution in [2.45, 2.75) is 0 Å². The van der Waals surface area contributed by atoms with Gasteiger partial charge in [-0.05, 0) is 0 Å². The molecule has 0 aromatic heterocycles. The van der Waals surface area contributed by atoms with E-state index >= 15 is 0 Å². The van der Waals surface area contributed by atoms with Gasteiger partial charge >= 0.3 is 34.2 Å². The Morgan fingerprint density at radius 1 is 1.12 bits per heavy atom. The second kappa shape index (κ2) is 15.7. The second-order valence-electron chi connectivity index (χ2n) is 0.986. The third kappa shape index (κ3) is 15.7. The van der Waals surface area contributed by atoms with Crippen LogP contribution in [0.4, 0.5) is 0 Å². The molecule has 0 saturated carbocycles. The first-order valence-corrected chi connectivity index (χ1v) is 4.43. The normalized spacial score (nSPS) is 7.62. The van der Waals surface area contributed by atoms with E-state index in [2.05, 4.69) is 29.4 Å². The van der Waals surface area contributed by atoms with Gasteiger partial charge in [0, 0.05) is 14.2 Å². The fraction of sp³-hybridized carbons (Fsp3) is 1.00. The summed E-state index contributed by atoms with van der Waals surface area (Å²) in [4.78, 5) is 0. The summed E-state index contributed by atoms with van der Waals surface area (Å²) >= 11 is 4.12. The molecule has 0 spiro atoms. The van der Waals surface area contributed by atoms with E-state index in [0.29, 0.717) is 13.2 Å². The Kier molecular flexibility index (Phi) is 23.6. The minimum absolute atomic E-state index is 0.691. The zero-order chi connectivity index (χ0) is 6.83. The number of hydrogen-bond donors (Lipinski definition) is 0. The van der Waals surface area contributed by atoms with Crippen LogP contribution in [-0.2, 0) is 9.47 Å². The summed E-state index contributed by atoms with van der Waals surface area (Å²) in [5, 5.41) is 0. The van der Waals surface area contributed by atoms with Crippen molar-refractivity contribution in [2.75, 3.05) is 27.4 Å². The molecule has 0 heterocycles. The maximum absolute atomic E-state index is 4.66. The molecule has 4 heteroatoms. The molecule has 8 heavy (non-hydrogen) atoms. The number of rotatable bonds is 3. The van der Waals surface area contributed by atoms with E-state index in [0.717, 1.165) is 0 Å². The van der Waals surface area contributed by atoms with Crippen molar-refractivity contribution in [3.63, 3.8) is 0 Å². The predicted octanol–water partition coefficient (Wildman–Crippen LogP) is 0.784. The first kappa shape index (κ1) is 12.0. The van der Waals surface area contributed by atoms with Gasteiger partial charge in [-0.25, -0.2) is 0 Å². The van der Waals surface area contributed by atoms with Crippen LogP contribution in [0.3, 0.4) is 0 Å². The standard InChI is InChI=1S/C4H10O2.HI.Li/c1-5-3-4-6-2;;/h3-4H2,1-2H3;1H;/q;;+1/p-1. The molecule has 0 amide bonds. The molecule has 0 radical (unpaired) electrons. The molecule has 0 N–H and O–H groups in total. The SMILES string of the molecule is COCCOC.[Li][I]. The Morgan fingerprint density at radius 2 is 1.38 bits per heavy atom. The number of ether oxygens (including phenoxy) is 2. The summed E-state index contributed by atoms with van der Waals surface area (Å²) < 4.78 is 9.31. The van der Waals surface area contributed by atoms with Crippen LogP contribution in [0, 0.1) is 0 Å². The molecule has 0 fully saturated rings. The molecule has 0 aliphatic rings. The zero-order valence-electron chi connectivity index (χ0n) is 5.61. The summed E-state index contributed by atoms with van der Waals surface area (Å²) in [5.74, 6) is 0. The van der Waals surface area contributed by atoms with Gasteiger partial charge in [0.05, 0.1) is 13.2 Å². The summed E-state index contributed by atoms with van der Waals surface area (Å²) in [6.45, 7) is 1.38. The van der Waals surface area contributed by atoms with Crippen molar-refractivity contribution in [3.05, 3.63) is 0 Å². The third-order valence-electron chi connectivity index (χ3n) is 0.492. The van der Waals surface area contributed by atoms with Crippen molar-refractivity contribution in [1.29, 1.82) is 0 Å². The molecule has 0 atom stereocenters. The van der Waals surface area contributed by atoms with Crippen LogP contribution in [-0.4, -0.2) is 41.7 Å². The van der Waals surface area contributed by atoms with Gasteiger partial charge in [0.1, 0.15) is 0 Å². The first-order valence-electron chi connectivity index (χ1n) is 2.27. The van der Waals surface area contributed by atoms with Gasteiger partial charge in [-0.3, -0.25) is 0 Å². The van der Waals surface area contributed by atoms with Crippen LogP contribution in [0.2, 0.25) is 0 Å². The van der Waals surface area contributed by atoms with Crippen LogP contribution in [0.5, 0.6) is 0 Å². The molecular weight excluding hydrogens is 214 g/mol. The molecular formula is C4H10ILiO2. The van der Waals surface area contributed by atoms with Gasteiger partial charge in [0.15, 0.2) is 0 Å². The molecule has 2 nitrogen and oxygen atoms in total. The number of halogens is 1. The Balaban J connectivity index is 0. The average molecular weight is 224 g/mol. The minimum atomic E-state index is 0.691. The summed E-state index contributed by atoms with van der Waals surface area (Å²) in [7, 11) is 3.30. The van der Waals surface area contributed by atoms with Crippen LogP contribution < -0.4 is 0 Å². The molecule has 0 saturated heterocycles.